The smallest absolute Gasteiger partial charge is 0.119 e. The molecule has 1 atom stereocenters. The predicted molar refractivity (Wildman–Crippen MR) is 88.8 cm³/mol. The van der Waals surface area contributed by atoms with Gasteiger partial charge in [0, 0.05) is 12.6 Å². The topological polar surface area (TPSA) is 21.3 Å². The molecule has 0 bridgehead atoms. The third kappa shape index (κ3) is 5.24. The maximum absolute atomic E-state index is 5.81. The van der Waals surface area contributed by atoms with Gasteiger partial charge in [0.1, 0.15) is 12.4 Å². The van der Waals surface area contributed by atoms with Gasteiger partial charge in [-0.2, -0.15) is 0 Å². The summed E-state index contributed by atoms with van der Waals surface area (Å²) in [6.45, 7) is 8.21. The summed E-state index contributed by atoms with van der Waals surface area (Å²) < 4.78 is 5.81. The van der Waals surface area contributed by atoms with E-state index in [0.29, 0.717) is 18.6 Å². The molecule has 0 aromatic heterocycles. The van der Waals surface area contributed by atoms with Gasteiger partial charge in [-0.1, -0.05) is 63.2 Å². The van der Waals surface area contributed by atoms with Gasteiger partial charge >= 0.3 is 0 Å². The van der Waals surface area contributed by atoms with Crippen LogP contribution in [0.2, 0.25) is 0 Å². The van der Waals surface area contributed by atoms with Crippen LogP contribution in [-0.2, 0) is 6.61 Å². The van der Waals surface area contributed by atoms with Crippen molar-refractivity contribution in [3.8, 4) is 5.75 Å². The number of benzene rings is 2. The summed E-state index contributed by atoms with van der Waals surface area (Å²) in [5.74, 6) is 1.43. The second-order valence-electron chi connectivity index (χ2n) is 5.81. The minimum atomic E-state index is 0.510. The highest BCUT2D eigenvalue weighted by atomic mass is 16.5. The third-order valence-electron chi connectivity index (χ3n) is 3.53. The van der Waals surface area contributed by atoms with Gasteiger partial charge in [0.15, 0.2) is 0 Å². The molecule has 2 heteroatoms. The van der Waals surface area contributed by atoms with Crippen molar-refractivity contribution < 1.29 is 4.74 Å². The molecule has 2 nitrogen and oxygen atoms in total. The van der Waals surface area contributed by atoms with Crippen molar-refractivity contribution in [2.75, 3.05) is 6.54 Å². The first-order chi connectivity index (χ1) is 10.1. The Balaban J connectivity index is 1.87. The number of ether oxygens (including phenoxy) is 1. The van der Waals surface area contributed by atoms with Crippen molar-refractivity contribution in [3.05, 3.63) is 65.7 Å². The van der Waals surface area contributed by atoms with Crippen LogP contribution in [0.25, 0.3) is 0 Å². The molecule has 2 aromatic carbocycles. The zero-order valence-corrected chi connectivity index (χ0v) is 13.2. The lowest BCUT2D eigenvalue weighted by Crippen LogP contribution is -2.26. The van der Waals surface area contributed by atoms with E-state index in [2.05, 4.69) is 62.5 Å². The van der Waals surface area contributed by atoms with Crippen molar-refractivity contribution >= 4 is 0 Å². The fourth-order valence-corrected chi connectivity index (χ4v) is 2.16. The highest BCUT2D eigenvalue weighted by Crippen LogP contribution is 2.19. The van der Waals surface area contributed by atoms with E-state index >= 15 is 0 Å². The quantitative estimate of drug-likeness (QED) is 0.815. The van der Waals surface area contributed by atoms with Crippen molar-refractivity contribution in [3.63, 3.8) is 0 Å². The Kier molecular flexibility index (Phi) is 5.82. The molecule has 1 N–H and O–H groups in total. The van der Waals surface area contributed by atoms with Crippen LogP contribution in [0.4, 0.5) is 0 Å². The van der Waals surface area contributed by atoms with Gasteiger partial charge in [-0.25, -0.2) is 0 Å². The second-order valence-corrected chi connectivity index (χ2v) is 5.81. The summed E-state index contributed by atoms with van der Waals surface area (Å²) in [5.41, 5.74) is 2.53. The molecular formula is C19H25NO. The van der Waals surface area contributed by atoms with Gasteiger partial charge in [0.2, 0.25) is 0 Å². The molecular weight excluding hydrogens is 258 g/mol. The summed E-state index contributed by atoms with van der Waals surface area (Å²) in [6.07, 6.45) is 0. The van der Waals surface area contributed by atoms with E-state index < -0.39 is 0 Å². The van der Waals surface area contributed by atoms with E-state index in [1.165, 1.54) is 11.1 Å². The summed E-state index contributed by atoms with van der Waals surface area (Å²) >= 11 is 0. The normalized spacial score (nSPS) is 12.4. The van der Waals surface area contributed by atoms with Crippen LogP contribution in [0, 0.1) is 0 Å². The molecule has 0 aliphatic rings. The average molecular weight is 283 g/mol. The number of hydrogen-bond acceptors (Lipinski definition) is 2. The fraction of sp³-hybridized carbons (Fsp3) is 0.368. The van der Waals surface area contributed by atoms with E-state index in [4.69, 9.17) is 4.74 Å². The lowest BCUT2D eigenvalue weighted by atomic mass is 10.0. The van der Waals surface area contributed by atoms with Gasteiger partial charge in [0.05, 0.1) is 0 Å². The highest BCUT2D eigenvalue weighted by molar-refractivity contribution is 5.29. The number of hydrogen-bond donors (Lipinski definition) is 1. The zero-order chi connectivity index (χ0) is 15.1. The highest BCUT2D eigenvalue weighted by Gasteiger charge is 2.06. The SMILES string of the molecule is CC(C)NCC(C)c1ccc(OCc2ccccc2)cc1. The van der Waals surface area contributed by atoms with E-state index in [9.17, 15) is 0 Å². The predicted octanol–water partition coefficient (Wildman–Crippen LogP) is 4.37. The van der Waals surface area contributed by atoms with Gasteiger partial charge in [-0.3, -0.25) is 0 Å². The van der Waals surface area contributed by atoms with E-state index in [1.54, 1.807) is 0 Å². The number of nitrogens with one attached hydrogen (secondary N) is 1. The summed E-state index contributed by atoms with van der Waals surface area (Å²) in [4.78, 5) is 0. The Hall–Kier alpha value is -1.80. The summed E-state index contributed by atoms with van der Waals surface area (Å²) in [5, 5.41) is 3.47. The first-order valence-corrected chi connectivity index (χ1v) is 7.65. The Morgan fingerprint density at radius 2 is 1.57 bits per heavy atom. The second kappa shape index (κ2) is 7.84. The Morgan fingerprint density at radius 1 is 0.905 bits per heavy atom. The molecule has 112 valence electrons. The molecule has 0 radical (unpaired) electrons. The van der Waals surface area contributed by atoms with E-state index in [-0.39, 0.29) is 0 Å². The van der Waals surface area contributed by atoms with Crippen LogP contribution >= 0.6 is 0 Å². The third-order valence-corrected chi connectivity index (χ3v) is 3.53. The molecule has 0 amide bonds. The van der Waals surface area contributed by atoms with Crippen LogP contribution in [-0.4, -0.2) is 12.6 Å². The van der Waals surface area contributed by atoms with Gasteiger partial charge < -0.3 is 10.1 Å². The monoisotopic (exact) mass is 283 g/mol. The molecule has 1 unspecified atom stereocenters. The lowest BCUT2D eigenvalue weighted by molar-refractivity contribution is 0.306. The molecule has 0 heterocycles. The largest absolute Gasteiger partial charge is 0.489 e. The van der Waals surface area contributed by atoms with Crippen LogP contribution in [0.3, 0.4) is 0 Å². The van der Waals surface area contributed by atoms with Crippen molar-refractivity contribution in [1.29, 1.82) is 0 Å². The van der Waals surface area contributed by atoms with Gasteiger partial charge in [-0.15, -0.1) is 0 Å². The molecule has 0 aliphatic heterocycles. The molecule has 21 heavy (non-hydrogen) atoms. The van der Waals surface area contributed by atoms with E-state index in [0.717, 1.165) is 12.3 Å². The lowest BCUT2D eigenvalue weighted by Gasteiger charge is -2.15. The first-order valence-electron chi connectivity index (χ1n) is 7.65. The van der Waals surface area contributed by atoms with Crippen LogP contribution in [0.1, 0.15) is 37.8 Å². The standard InChI is InChI=1S/C19H25NO/c1-15(2)20-13-16(3)18-9-11-19(12-10-18)21-14-17-7-5-4-6-8-17/h4-12,15-16,20H,13-14H2,1-3H3. The van der Waals surface area contributed by atoms with Crippen LogP contribution < -0.4 is 10.1 Å². The van der Waals surface area contributed by atoms with E-state index in [1.807, 2.05) is 18.2 Å². The molecule has 0 saturated heterocycles. The maximum Gasteiger partial charge on any atom is 0.119 e. The maximum atomic E-state index is 5.81. The summed E-state index contributed by atoms with van der Waals surface area (Å²) in [6, 6.07) is 19.2. The van der Waals surface area contributed by atoms with Gasteiger partial charge in [0.25, 0.3) is 0 Å². The Morgan fingerprint density at radius 3 is 2.19 bits per heavy atom. The fourth-order valence-electron chi connectivity index (χ4n) is 2.16. The van der Waals surface area contributed by atoms with Crippen LogP contribution in [0.15, 0.2) is 54.6 Å². The first kappa shape index (κ1) is 15.6. The Labute approximate surface area is 128 Å². The molecule has 0 spiro atoms. The number of rotatable bonds is 7. The molecule has 0 fully saturated rings. The summed E-state index contributed by atoms with van der Waals surface area (Å²) in [7, 11) is 0. The minimum Gasteiger partial charge on any atom is -0.489 e. The van der Waals surface area contributed by atoms with Crippen molar-refractivity contribution in [1.82, 2.24) is 5.32 Å². The molecule has 2 rings (SSSR count). The molecule has 0 aliphatic carbocycles. The van der Waals surface area contributed by atoms with Gasteiger partial charge in [-0.05, 0) is 29.2 Å². The van der Waals surface area contributed by atoms with Crippen molar-refractivity contribution in [2.45, 2.75) is 39.3 Å². The average Bonchev–Trinajstić information content (AvgIpc) is 2.52. The van der Waals surface area contributed by atoms with Crippen LogP contribution in [0.5, 0.6) is 5.75 Å². The molecule has 0 saturated carbocycles. The molecule has 2 aromatic rings. The van der Waals surface area contributed by atoms with Crippen molar-refractivity contribution in [2.24, 2.45) is 0 Å². The zero-order valence-electron chi connectivity index (χ0n) is 13.2. The Bertz CT molecular complexity index is 519. The minimum absolute atomic E-state index is 0.510.